The number of carbonyl (C=O) groups is 2. The summed E-state index contributed by atoms with van der Waals surface area (Å²) >= 11 is 7.19. The summed E-state index contributed by atoms with van der Waals surface area (Å²) in [5, 5.41) is 3.30. The molecule has 5 nitrogen and oxygen atoms in total. The Morgan fingerprint density at radius 1 is 1.03 bits per heavy atom. The third kappa shape index (κ3) is 4.64. The summed E-state index contributed by atoms with van der Waals surface area (Å²) in [6.07, 6.45) is 0. The number of halogens is 3. The average Bonchev–Trinajstić information content (AvgIpc) is 3.14. The molecule has 1 atom stereocenters. The Morgan fingerprint density at radius 3 is 2.41 bits per heavy atom. The van der Waals surface area contributed by atoms with Crippen LogP contribution in [0.15, 0.2) is 86.5 Å². The SMILES string of the molecule is CCOC(=O)C1=C(C)NC2=C(C(=O)c3ccccc32)[C@@H]1c1cc(Br)c(OCc2cccc(F)c2)c(Br)c1. The van der Waals surface area contributed by atoms with Gasteiger partial charge >= 0.3 is 5.97 Å². The van der Waals surface area contributed by atoms with E-state index in [1.807, 2.05) is 37.3 Å². The zero-order valence-corrected chi connectivity index (χ0v) is 23.2. The maximum Gasteiger partial charge on any atom is 0.336 e. The lowest BCUT2D eigenvalue weighted by atomic mass is 9.80. The first kappa shape index (κ1) is 25.4. The third-order valence-electron chi connectivity index (χ3n) is 6.37. The van der Waals surface area contributed by atoms with E-state index in [4.69, 9.17) is 9.47 Å². The van der Waals surface area contributed by atoms with E-state index in [-0.39, 0.29) is 24.8 Å². The van der Waals surface area contributed by atoms with Crippen LogP contribution in [0.5, 0.6) is 5.75 Å². The molecule has 3 aromatic rings. The standard InChI is InChI=1S/C29H22Br2FNO4/c1-3-36-29(35)23-15(2)33-26-19-9-4-5-10-20(19)27(34)25(26)24(23)17-12-21(30)28(22(31)13-17)37-14-16-7-6-8-18(32)11-16/h4-13,24,33H,3,14H2,1-2H3/t24-/m1/s1. The molecule has 0 saturated carbocycles. The second-order valence-corrected chi connectivity index (χ2v) is 10.4. The lowest BCUT2D eigenvalue weighted by molar-refractivity contribution is -0.138. The van der Waals surface area contributed by atoms with Gasteiger partial charge in [-0.3, -0.25) is 4.79 Å². The van der Waals surface area contributed by atoms with Crippen molar-refractivity contribution in [2.75, 3.05) is 6.61 Å². The largest absolute Gasteiger partial charge is 0.487 e. The van der Waals surface area contributed by atoms with Gasteiger partial charge in [0.05, 0.1) is 26.8 Å². The Bertz CT molecular complexity index is 1490. The highest BCUT2D eigenvalue weighted by atomic mass is 79.9. The first-order chi connectivity index (χ1) is 17.8. The van der Waals surface area contributed by atoms with Gasteiger partial charge in [0.1, 0.15) is 18.2 Å². The van der Waals surface area contributed by atoms with Gasteiger partial charge in [-0.15, -0.1) is 0 Å². The second-order valence-electron chi connectivity index (χ2n) is 8.71. The normalized spacial score (nSPS) is 16.4. The first-order valence-corrected chi connectivity index (χ1v) is 13.3. The molecule has 0 aromatic heterocycles. The molecule has 1 N–H and O–H groups in total. The average molecular weight is 627 g/mol. The fourth-order valence-corrected chi connectivity index (χ4v) is 6.26. The minimum absolute atomic E-state index is 0.129. The van der Waals surface area contributed by atoms with Crippen LogP contribution in [0.2, 0.25) is 0 Å². The summed E-state index contributed by atoms with van der Waals surface area (Å²) in [6.45, 7) is 3.94. The molecule has 5 rings (SSSR count). The number of ether oxygens (including phenoxy) is 2. The van der Waals surface area contributed by atoms with Gasteiger partial charge in [-0.1, -0.05) is 36.4 Å². The molecule has 1 aliphatic carbocycles. The van der Waals surface area contributed by atoms with E-state index in [1.165, 1.54) is 12.1 Å². The summed E-state index contributed by atoms with van der Waals surface area (Å²) in [5.41, 5.74) is 5.03. The molecule has 0 spiro atoms. The Kier molecular flexibility index (Phi) is 7.05. The van der Waals surface area contributed by atoms with Crippen LogP contribution in [0.4, 0.5) is 4.39 Å². The highest BCUT2D eigenvalue weighted by molar-refractivity contribution is 9.11. The number of hydrogen-bond acceptors (Lipinski definition) is 5. The number of hydrogen-bond donors (Lipinski definition) is 1. The number of dihydropyridines is 1. The maximum absolute atomic E-state index is 13.6. The van der Waals surface area contributed by atoms with Gasteiger partial charge in [0, 0.05) is 28.3 Å². The maximum atomic E-state index is 13.6. The number of nitrogens with one attached hydrogen (secondary N) is 1. The molecule has 0 saturated heterocycles. The van der Waals surface area contributed by atoms with E-state index in [0.29, 0.717) is 48.4 Å². The van der Waals surface area contributed by atoms with Crippen LogP contribution in [0, 0.1) is 5.82 Å². The first-order valence-electron chi connectivity index (χ1n) is 11.7. The molecule has 188 valence electrons. The summed E-state index contributed by atoms with van der Waals surface area (Å²) in [5.74, 6) is -1.07. The smallest absolute Gasteiger partial charge is 0.336 e. The molecule has 8 heteroatoms. The molecule has 0 unspecified atom stereocenters. The number of carbonyl (C=O) groups excluding carboxylic acids is 2. The summed E-state index contributed by atoms with van der Waals surface area (Å²) in [7, 11) is 0. The predicted molar refractivity (Wildman–Crippen MR) is 145 cm³/mol. The molecule has 1 aliphatic heterocycles. The number of allylic oxidation sites excluding steroid dienone is 2. The molecule has 37 heavy (non-hydrogen) atoms. The van der Waals surface area contributed by atoms with Crippen molar-refractivity contribution in [1.29, 1.82) is 0 Å². The van der Waals surface area contributed by atoms with Gasteiger partial charge in [0.2, 0.25) is 0 Å². The Labute approximate surface area is 230 Å². The number of fused-ring (bicyclic) bond motifs is 2. The van der Waals surface area contributed by atoms with Gasteiger partial charge in [-0.05, 0) is 81.1 Å². The van der Waals surface area contributed by atoms with E-state index in [1.54, 1.807) is 25.1 Å². The minimum Gasteiger partial charge on any atom is -0.487 e. The van der Waals surface area contributed by atoms with Gasteiger partial charge in [0.25, 0.3) is 0 Å². The summed E-state index contributed by atoms with van der Waals surface area (Å²) < 4.78 is 26.2. The van der Waals surface area contributed by atoms with E-state index in [0.717, 1.165) is 11.1 Å². The summed E-state index contributed by atoms with van der Waals surface area (Å²) in [4.78, 5) is 26.8. The predicted octanol–water partition coefficient (Wildman–Crippen LogP) is 7.06. The molecule has 0 fully saturated rings. The molecule has 0 amide bonds. The van der Waals surface area contributed by atoms with Gasteiger partial charge in [-0.25, -0.2) is 9.18 Å². The second kappa shape index (κ2) is 10.3. The van der Waals surface area contributed by atoms with Crippen molar-refractivity contribution in [3.05, 3.63) is 115 Å². The highest BCUT2D eigenvalue weighted by Gasteiger charge is 2.43. The van der Waals surface area contributed by atoms with Crippen LogP contribution in [0.3, 0.4) is 0 Å². The van der Waals surface area contributed by atoms with Gasteiger partial charge < -0.3 is 14.8 Å². The van der Waals surface area contributed by atoms with E-state index in [2.05, 4.69) is 37.2 Å². The molecule has 1 heterocycles. The zero-order valence-electron chi connectivity index (χ0n) is 20.0. The third-order valence-corrected chi connectivity index (χ3v) is 7.55. The number of rotatable bonds is 6. The van der Waals surface area contributed by atoms with Crippen molar-refractivity contribution in [2.45, 2.75) is 26.4 Å². The van der Waals surface area contributed by atoms with Crippen molar-refractivity contribution < 1.29 is 23.5 Å². The Hall–Kier alpha value is -3.23. The van der Waals surface area contributed by atoms with Crippen molar-refractivity contribution in [3.63, 3.8) is 0 Å². The van der Waals surface area contributed by atoms with Crippen LogP contribution < -0.4 is 10.1 Å². The molecular weight excluding hydrogens is 605 g/mol. The fourth-order valence-electron chi connectivity index (χ4n) is 4.81. The van der Waals surface area contributed by atoms with E-state index >= 15 is 0 Å². The van der Waals surface area contributed by atoms with Crippen molar-refractivity contribution in [2.24, 2.45) is 0 Å². The van der Waals surface area contributed by atoms with Crippen molar-refractivity contribution in [1.82, 2.24) is 5.32 Å². The minimum atomic E-state index is -0.653. The van der Waals surface area contributed by atoms with Crippen LogP contribution in [-0.2, 0) is 16.1 Å². The van der Waals surface area contributed by atoms with Gasteiger partial charge in [-0.2, -0.15) is 0 Å². The Balaban J connectivity index is 1.58. The van der Waals surface area contributed by atoms with Crippen molar-refractivity contribution in [3.8, 4) is 5.75 Å². The molecule has 3 aromatic carbocycles. The summed E-state index contributed by atoms with van der Waals surface area (Å²) in [6, 6.07) is 17.3. The fraction of sp³-hybridized carbons (Fsp3) is 0.172. The number of Topliss-reactive ketones (excluding diaryl/α,β-unsaturated/α-hetero) is 1. The van der Waals surface area contributed by atoms with Crippen LogP contribution in [-0.4, -0.2) is 18.4 Å². The quantitative estimate of drug-likeness (QED) is 0.297. The monoisotopic (exact) mass is 625 g/mol. The topological polar surface area (TPSA) is 64.6 Å². The molecular formula is C29H22Br2FNO4. The van der Waals surface area contributed by atoms with E-state index < -0.39 is 11.9 Å². The number of ketones is 1. The zero-order chi connectivity index (χ0) is 26.3. The van der Waals surface area contributed by atoms with Crippen LogP contribution >= 0.6 is 31.9 Å². The molecule has 0 radical (unpaired) electrons. The van der Waals surface area contributed by atoms with Crippen LogP contribution in [0.1, 0.15) is 46.8 Å². The Morgan fingerprint density at radius 2 is 1.73 bits per heavy atom. The lowest BCUT2D eigenvalue weighted by Crippen LogP contribution is -2.29. The molecule has 2 aliphatic rings. The van der Waals surface area contributed by atoms with E-state index in [9.17, 15) is 14.0 Å². The highest BCUT2D eigenvalue weighted by Crippen LogP contribution is 2.48. The van der Waals surface area contributed by atoms with Gasteiger partial charge in [0.15, 0.2) is 5.78 Å². The van der Waals surface area contributed by atoms with Crippen molar-refractivity contribution >= 4 is 49.3 Å². The number of benzene rings is 3. The van der Waals surface area contributed by atoms with Crippen LogP contribution in [0.25, 0.3) is 5.70 Å². The molecule has 0 bridgehead atoms. The lowest BCUT2D eigenvalue weighted by Gasteiger charge is -2.29. The number of esters is 1.